The Morgan fingerprint density at radius 1 is 1.12 bits per heavy atom. The lowest BCUT2D eigenvalue weighted by molar-refractivity contribution is 0.112. The number of carbonyl (C=O) groups is 1. The van der Waals surface area contributed by atoms with Gasteiger partial charge in [-0.3, -0.25) is 14.7 Å². The van der Waals surface area contributed by atoms with E-state index in [1.54, 1.807) is 0 Å². The molecule has 0 unspecified atom stereocenters. The molecule has 0 amide bonds. The standard InChI is InChI=1S/C20H22N4O/c1-22-8-10-23(11-9-22)14-16-5-6-21-19(12-16)20-17(15-25)13-18-4-2-3-7-24(18)20/h2-7,12-13,15H,8-11,14H2,1H3. The summed E-state index contributed by atoms with van der Waals surface area (Å²) in [5.74, 6) is 0. The molecule has 0 N–H and O–H groups in total. The van der Waals surface area contributed by atoms with E-state index in [1.165, 1.54) is 5.56 Å². The van der Waals surface area contributed by atoms with Crippen LogP contribution in [-0.4, -0.2) is 58.7 Å². The van der Waals surface area contributed by atoms with Crippen LogP contribution < -0.4 is 0 Å². The van der Waals surface area contributed by atoms with Gasteiger partial charge in [-0.25, -0.2) is 0 Å². The molecule has 4 rings (SSSR count). The van der Waals surface area contributed by atoms with Crippen molar-refractivity contribution in [3.8, 4) is 11.4 Å². The monoisotopic (exact) mass is 334 g/mol. The van der Waals surface area contributed by atoms with Crippen molar-refractivity contribution in [1.82, 2.24) is 19.2 Å². The van der Waals surface area contributed by atoms with Crippen LogP contribution >= 0.6 is 0 Å². The lowest BCUT2D eigenvalue weighted by atomic mass is 10.1. The molecule has 0 saturated carbocycles. The van der Waals surface area contributed by atoms with Crippen molar-refractivity contribution in [3.05, 3.63) is 59.9 Å². The smallest absolute Gasteiger partial charge is 0.152 e. The average Bonchev–Trinajstić information content (AvgIpc) is 3.02. The summed E-state index contributed by atoms with van der Waals surface area (Å²) >= 11 is 0. The Labute approximate surface area is 147 Å². The molecular formula is C20H22N4O. The number of aldehydes is 1. The number of nitrogens with zero attached hydrogens (tertiary/aromatic N) is 4. The fourth-order valence-corrected chi connectivity index (χ4v) is 3.47. The Balaban J connectivity index is 1.67. The lowest BCUT2D eigenvalue weighted by Gasteiger charge is -2.32. The molecule has 1 aliphatic heterocycles. The van der Waals surface area contributed by atoms with Crippen LogP contribution in [0.25, 0.3) is 16.9 Å². The second-order valence-electron chi connectivity index (χ2n) is 6.69. The third kappa shape index (κ3) is 3.21. The summed E-state index contributed by atoms with van der Waals surface area (Å²) in [5, 5.41) is 0. The first-order chi connectivity index (χ1) is 12.2. The molecule has 0 aromatic carbocycles. The van der Waals surface area contributed by atoms with Crippen LogP contribution in [0, 0.1) is 0 Å². The van der Waals surface area contributed by atoms with E-state index >= 15 is 0 Å². The van der Waals surface area contributed by atoms with Gasteiger partial charge in [0.1, 0.15) is 0 Å². The summed E-state index contributed by atoms with van der Waals surface area (Å²) in [6.45, 7) is 5.31. The minimum absolute atomic E-state index is 0.676. The van der Waals surface area contributed by atoms with E-state index in [2.05, 4.69) is 34.0 Å². The highest BCUT2D eigenvalue weighted by Gasteiger charge is 2.16. The summed E-state index contributed by atoms with van der Waals surface area (Å²) < 4.78 is 2.03. The molecule has 0 atom stereocenters. The molecule has 1 aliphatic rings. The Bertz CT molecular complexity index is 894. The number of pyridine rings is 2. The van der Waals surface area contributed by atoms with Gasteiger partial charge in [0.2, 0.25) is 0 Å². The summed E-state index contributed by atoms with van der Waals surface area (Å²) in [6, 6.07) is 12.0. The van der Waals surface area contributed by atoms with Crippen molar-refractivity contribution in [2.75, 3.05) is 33.2 Å². The lowest BCUT2D eigenvalue weighted by Crippen LogP contribution is -2.43. The average molecular weight is 334 g/mol. The first kappa shape index (κ1) is 16.0. The van der Waals surface area contributed by atoms with Crippen molar-refractivity contribution in [3.63, 3.8) is 0 Å². The zero-order chi connectivity index (χ0) is 17.2. The van der Waals surface area contributed by atoms with E-state index in [0.717, 1.165) is 55.9 Å². The third-order valence-electron chi connectivity index (χ3n) is 4.91. The predicted molar refractivity (Wildman–Crippen MR) is 98.8 cm³/mol. The Hall–Kier alpha value is -2.50. The molecule has 5 nitrogen and oxygen atoms in total. The van der Waals surface area contributed by atoms with Gasteiger partial charge in [0.25, 0.3) is 0 Å². The van der Waals surface area contributed by atoms with Gasteiger partial charge in [-0.1, -0.05) is 6.07 Å². The number of fused-ring (bicyclic) bond motifs is 1. The van der Waals surface area contributed by atoms with Gasteiger partial charge >= 0.3 is 0 Å². The molecule has 4 heterocycles. The molecule has 5 heteroatoms. The van der Waals surface area contributed by atoms with E-state index in [1.807, 2.05) is 41.1 Å². The highest BCUT2D eigenvalue weighted by Crippen LogP contribution is 2.26. The van der Waals surface area contributed by atoms with Gasteiger partial charge < -0.3 is 9.30 Å². The second-order valence-corrected chi connectivity index (χ2v) is 6.69. The SMILES string of the molecule is CN1CCN(Cc2ccnc(-c3c(C=O)cc4ccccn34)c2)CC1. The van der Waals surface area contributed by atoms with E-state index in [-0.39, 0.29) is 0 Å². The summed E-state index contributed by atoms with van der Waals surface area (Å²) in [4.78, 5) is 20.9. The third-order valence-corrected chi connectivity index (χ3v) is 4.91. The number of likely N-dealkylation sites (N-methyl/N-ethyl adjacent to an activating group) is 1. The molecule has 0 aliphatic carbocycles. The van der Waals surface area contributed by atoms with Crippen molar-refractivity contribution in [2.24, 2.45) is 0 Å². The van der Waals surface area contributed by atoms with Crippen LogP contribution in [0.3, 0.4) is 0 Å². The molecule has 3 aromatic heterocycles. The number of hydrogen-bond donors (Lipinski definition) is 0. The summed E-state index contributed by atoms with van der Waals surface area (Å²) in [6.07, 6.45) is 4.74. The molecule has 1 fully saturated rings. The minimum Gasteiger partial charge on any atom is -0.314 e. The van der Waals surface area contributed by atoms with Crippen LogP contribution in [-0.2, 0) is 6.54 Å². The molecule has 1 saturated heterocycles. The molecule has 128 valence electrons. The van der Waals surface area contributed by atoms with Crippen LogP contribution in [0.2, 0.25) is 0 Å². The van der Waals surface area contributed by atoms with Crippen molar-refractivity contribution < 1.29 is 4.79 Å². The first-order valence-electron chi connectivity index (χ1n) is 8.66. The van der Waals surface area contributed by atoms with Crippen LogP contribution in [0.4, 0.5) is 0 Å². The number of aromatic nitrogens is 2. The quantitative estimate of drug-likeness (QED) is 0.688. The van der Waals surface area contributed by atoms with Gasteiger partial charge in [-0.05, 0) is 42.9 Å². The van der Waals surface area contributed by atoms with Crippen LogP contribution in [0.1, 0.15) is 15.9 Å². The Morgan fingerprint density at radius 3 is 2.76 bits per heavy atom. The zero-order valence-electron chi connectivity index (χ0n) is 14.4. The largest absolute Gasteiger partial charge is 0.314 e. The number of hydrogen-bond acceptors (Lipinski definition) is 4. The highest BCUT2D eigenvalue weighted by atomic mass is 16.1. The first-order valence-corrected chi connectivity index (χ1v) is 8.66. The Kier molecular flexibility index (Phi) is 4.34. The van der Waals surface area contributed by atoms with Crippen LogP contribution in [0.15, 0.2) is 48.8 Å². The fourth-order valence-electron chi connectivity index (χ4n) is 3.47. The van der Waals surface area contributed by atoms with E-state index in [4.69, 9.17) is 0 Å². The summed E-state index contributed by atoms with van der Waals surface area (Å²) in [5.41, 5.74) is 4.63. The van der Waals surface area contributed by atoms with E-state index in [9.17, 15) is 4.79 Å². The molecular weight excluding hydrogens is 312 g/mol. The predicted octanol–water partition coefficient (Wildman–Crippen LogP) is 2.56. The molecule has 0 spiro atoms. The van der Waals surface area contributed by atoms with Crippen LogP contribution in [0.5, 0.6) is 0 Å². The maximum atomic E-state index is 11.5. The molecule has 25 heavy (non-hydrogen) atoms. The normalized spacial score (nSPS) is 16.4. The van der Waals surface area contributed by atoms with Crippen molar-refractivity contribution in [1.29, 1.82) is 0 Å². The minimum atomic E-state index is 0.676. The van der Waals surface area contributed by atoms with E-state index in [0.29, 0.717) is 5.56 Å². The second kappa shape index (κ2) is 6.78. The van der Waals surface area contributed by atoms with Crippen molar-refractivity contribution >= 4 is 11.8 Å². The van der Waals surface area contributed by atoms with Gasteiger partial charge in [-0.2, -0.15) is 0 Å². The van der Waals surface area contributed by atoms with E-state index < -0.39 is 0 Å². The zero-order valence-corrected chi connectivity index (χ0v) is 14.4. The maximum absolute atomic E-state index is 11.5. The maximum Gasteiger partial charge on any atom is 0.152 e. The molecule has 0 radical (unpaired) electrons. The number of rotatable bonds is 4. The summed E-state index contributed by atoms with van der Waals surface area (Å²) in [7, 11) is 2.17. The Morgan fingerprint density at radius 2 is 1.96 bits per heavy atom. The van der Waals surface area contributed by atoms with Gasteiger partial charge in [-0.15, -0.1) is 0 Å². The van der Waals surface area contributed by atoms with Gasteiger partial charge in [0.15, 0.2) is 6.29 Å². The topological polar surface area (TPSA) is 40.8 Å². The molecule has 3 aromatic rings. The van der Waals surface area contributed by atoms with Gasteiger partial charge in [0.05, 0.1) is 11.4 Å². The fraction of sp³-hybridized carbons (Fsp3) is 0.300. The number of piperazine rings is 1. The highest BCUT2D eigenvalue weighted by molar-refractivity contribution is 5.89. The van der Waals surface area contributed by atoms with Gasteiger partial charge in [0, 0.05) is 56.2 Å². The molecule has 0 bridgehead atoms. The van der Waals surface area contributed by atoms with Crippen molar-refractivity contribution in [2.45, 2.75) is 6.54 Å². The number of carbonyl (C=O) groups excluding carboxylic acids is 1.